The Morgan fingerprint density at radius 1 is 1.11 bits per heavy atom. The summed E-state index contributed by atoms with van der Waals surface area (Å²) in [7, 11) is 0. The highest BCUT2D eigenvalue weighted by Gasteiger charge is 2.24. The van der Waals surface area contributed by atoms with E-state index >= 15 is 0 Å². The molecule has 1 aromatic carbocycles. The number of imide groups is 1. The molecule has 5 heteroatoms. The largest absolute Gasteiger partial charge is 0.506 e. The van der Waals surface area contributed by atoms with Crippen molar-refractivity contribution in [2.45, 2.75) is 6.54 Å². The molecule has 1 aliphatic heterocycles. The van der Waals surface area contributed by atoms with Gasteiger partial charge < -0.3 is 5.11 Å². The van der Waals surface area contributed by atoms with Gasteiger partial charge >= 0.3 is 0 Å². The lowest BCUT2D eigenvalue weighted by Crippen LogP contribution is -2.29. The zero-order chi connectivity index (χ0) is 13.4. The average molecular weight is 254 g/mol. The van der Waals surface area contributed by atoms with Gasteiger partial charge in [0.25, 0.3) is 11.8 Å². The number of nitrogens with zero attached hydrogens (tertiary/aromatic N) is 2. The number of hydrogen-bond acceptors (Lipinski definition) is 4. The van der Waals surface area contributed by atoms with Crippen LogP contribution in [0.3, 0.4) is 0 Å². The molecule has 5 nitrogen and oxygen atoms in total. The minimum atomic E-state index is -0.324. The predicted octanol–water partition coefficient (Wildman–Crippen LogP) is 1.37. The van der Waals surface area contributed by atoms with Gasteiger partial charge in [0.05, 0.1) is 6.54 Å². The summed E-state index contributed by atoms with van der Waals surface area (Å²) < 4.78 is 0. The second kappa shape index (κ2) is 4.20. The number of phenolic OH excluding ortho intramolecular Hbond substituents is 1. The maximum absolute atomic E-state index is 11.5. The lowest BCUT2D eigenvalue weighted by atomic mass is 10.1. The maximum atomic E-state index is 11.5. The number of rotatable bonds is 2. The molecule has 0 fully saturated rings. The molecule has 0 atom stereocenters. The molecule has 1 aromatic heterocycles. The highest BCUT2D eigenvalue weighted by molar-refractivity contribution is 6.13. The van der Waals surface area contributed by atoms with Gasteiger partial charge in [0.15, 0.2) is 0 Å². The van der Waals surface area contributed by atoms with Crippen molar-refractivity contribution in [1.82, 2.24) is 9.88 Å². The van der Waals surface area contributed by atoms with E-state index in [4.69, 9.17) is 0 Å². The van der Waals surface area contributed by atoms with Gasteiger partial charge in [-0.15, -0.1) is 0 Å². The Balaban J connectivity index is 2.05. The van der Waals surface area contributed by atoms with Gasteiger partial charge in [0, 0.05) is 23.7 Å². The molecule has 0 unspecified atom stereocenters. The van der Waals surface area contributed by atoms with E-state index in [0.29, 0.717) is 5.52 Å². The number of hydrogen-bond donors (Lipinski definition) is 1. The van der Waals surface area contributed by atoms with E-state index in [9.17, 15) is 14.7 Å². The van der Waals surface area contributed by atoms with E-state index in [1.807, 2.05) is 0 Å². The third-order valence-corrected chi connectivity index (χ3v) is 3.07. The molecule has 0 spiro atoms. The number of carbonyl (C=O) groups excluding carboxylic acids is 2. The Labute approximate surface area is 108 Å². The standard InChI is InChI=1S/C14H10N2O3/c17-11-4-3-9(10-2-1-7-15-14(10)11)8-16-12(18)5-6-13(16)19/h1-7,17H,8H2. The van der Waals surface area contributed by atoms with Crippen molar-refractivity contribution in [2.75, 3.05) is 0 Å². The third-order valence-electron chi connectivity index (χ3n) is 3.07. The van der Waals surface area contributed by atoms with Gasteiger partial charge in [-0.2, -0.15) is 0 Å². The van der Waals surface area contributed by atoms with E-state index in [-0.39, 0.29) is 24.1 Å². The van der Waals surface area contributed by atoms with Crippen LogP contribution in [-0.2, 0) is 16.1 Å². The van der Waals surface area contributed by atoms with Crippen LogP contribution in [0.4, 0.5) is 0 Å². The SMILES string of the molecule is O=C1C=CC(=O)N1Cc1ccc(O)c2ncccc12. The molecule has 19 heavy (non-hydrogen) atoms. The van der Waals surface area contributed by atoms with Crippen LogP contribution in [0.1, 0.15) is 5.56 Å². The minimum Gasteiger partial charge on any atom is -0.506 e. The smallest absolute Gasteiger partial charge is 0.253 e. The van der Waals surface area contributed by atoms with Crippen LogP contribution in [0.15, 0.2) is 42.6 Å². The molecular formula is C14H10N2O3. The fourth-order valence-electron chi connectivity index (χ4n) is 2.11. The Hall–Kier alpha value is -2.69. The highest BCUT2D eigenvalue weighted by Crippen LogP contribution is 2.26. The van der Waals surface area contributed by atoms with Crippen LogP contribution in [0.2, 0.25) is 0 Å². The van der Waals surface area contributed by atoms with Crippen LogP contribution in [0.25, 0.3) is 10.9 Å². The Morgan fingerprint density at radius 2 is 1.84 bits per heavy atom. The molecule has 0 saturated carbocycles. The van der Waals surface area contributed by atoms with Gasteiger partial charge in [0.1, 0.15) is 11.3 Å². The molecule has 94 valence electrons. The monoisotopic (exact) mass is 254 g/mol. The quantitative estimate of drug-likeness (QED) is 0.821. The zero-order valence-electron chi connectivity index (χ0n) is 9.91. The van der Waals surface area contributed by atoms with Crippen LogP contribution in [-0.4, -0.2) is 26.8 Å². The van der Waals surface area contributed by atoms with Crippen LogP contribution < -0.4 is 0 Å². The molecule has 0 saturated heterocycles. The lowest BCUT2D eigenvalue weighted by molar-refractivity contribution is -0.137. The van der Waals surface area contributed by atoms with E-state index in [1.165, 1.54) is 18.2 Å². The summed E-state index contributed by atoms with van der Waals surface area (Å²) in [5.41, 5.74) is 1.23. The van der Waals surface area contributed by atoms with E-state index in [0.717, 1.165) is 15.8 Å². The highest BCUT2D eigenvalue weighted by atomic mass is 16.3. The van der Waals surface area contributed by atoms with Crippen molar-refractivity contribution in [3.8, 4) is 5.75 Å². The van der Waals surface area contributed by atoms with Crippen molar-refractivity contribution < 1.29 is 14.7 Å². The summed E-state index contributed by atoms with van der Waals surface area (Å²) in [6, 6.07) is 6.76. The van der Waals surface area contributed by atoms with Crippen molar-refractivity contribution in [1.29, 1.82) is 0 Å². The zero-order valence-corrected chi connectivity index (χ0v) is 9.91. The van der Waals surface area contributed by atoms with Gasteiger partial charge in [-0.25, -0.2) is 0 Å². The summed E-state index contributed by atoms with van der Waals surface area (Å²) in [6.07, 6.45) is 4.09. The van der Waals surface area contributed by atoms with Gasteiger partial charge in [-0.1, -0.05) is 12.1 Å². The molecule has 1 N–H and O–H groups in total. The summed E-state index contributed by atoms with van der Waals surface area (Å²) >= 11 is 0. The van der Waals surface area contributed by atoms with Crippen molar-refractivity contribution in [3.05, 3.63) is 48.2 Å². The molecular weight excluding hydrogens is 244 g/mol. The first-order valence-electron chi connectivity index (χ1n) is 5.76. The average Bonchev–Trinajstić information content (AvgIpc) is 2.74. The number of benzene rings is 1. The number of pyridine rings is 1. The summed E-state index contributed by atoms with van der Waals surface area (Å²) in [6.45, 7) is 0.174. The van der Waals surface area contributed by atoms with Crippen molar-refractivity contribution >= 4 is 22.7 Å². The fraction of sp³-hybridized carbons (Fsp3) is 0.0714. The molecule has 1 aliphatic rings. The van der Waals surface area contributed by atoms with Gasteiger partial charge in [0.2, 0.25) is 0 Å². The maximum Gasteiger partial charge on any atom is 0.253 e. The molecule has 0 radical (unpaired) electrons. The number of amides is 2. The summed E-state index contributed by atoms with van der Waals surface area (Å²) in [5.74, 6) is -0.568. The first-order valence-corrected chi connectivity index (χ1v) is 5.76. The summed E-state index contributed by atoms with van der Waals surface area (Å²) in [5, 5.41) is 10.5. The summed E-state index contributed by atoms with van der Waals surface area (Å²) in [4.78, 5) is 28.3. The first-order chi connectivity index (χ1) is 9.16. The number of fused-ring (bicyclic) bond motifs is 1. The molecule has 0 aliphatic carbocycles. The van der Waals surface area contributed by atoms with Crippen LogP contribution in [0.5, 0.6) is 5.75 Å². The minimum absolute atomic E-state index is 0.0801. The topological polar surface area (TPSA) is 70.5 Å². The molecule has 3 rings (SSSR count). The van der Waals surface area contributed by atoms with Crippen LogP contribution in [0, 0.1) is 0 Å². The predicted molar refractivity (Wildman–Crippen MR) is 68.1 cm³/mol. The third kappa shape index (κ3) is 1.85. The lowest BCUT2D eigenvalue weighted by Gasteiger charge is -2.15. The normalized spacial score (nSPS) is 14.6. The van der Waals surface area contributed by atoms with Crippen molar-refractivity contribution in [2.24, 2.45) is 0 Å². The van der Waals surface area contributed by atoms with Gasteiger partial charge in [-0.05, 0) is 17.7 Å². The fourth-order valence-corrected chi connectivity index (χ4v) is 2.11. The number of carbonyl (C=O) groups is 2. The van der Waals surface area contributed by atoms with E-state index in [2.05, 4.69) is 4.98 Å². The van der Waals surface area contributed by atoms with Gasteiger partial charge in [-0.3, -0.25) is 19.5 Å². The first kappa shape index (κ1) is 11.4. The number of phenols is 1. The molecule has 2 heterocycles. The van der Waals surface area contributed by atoms with E-state index in [1.54, 1.807) is 24.4 Å². The number of aromatic nitrogens is 1. The molecule has 0 bridgehead atoms. The van der Waals surface area contributed by atoms with E-state index < -0.39 is 0 Å². The second-order valence-electron chi connectivity index (χ2n) is 4.24. The Morgan fingerprint density at radius 3 is 2.58 bits per heavy atom. The Kier molecular flexibility index (Phi) is 2.52. The molecule has 2 amide bonds. The second-order valence-corrected chi connectivity index (χ2v) is 4.24. The molecule has 2 aromatic rings. The Bertz CT molecular complexity index is 704. The number of aromatic hydroxyl groups is 1. The van der Waals surface area contributed by atoms with Crippen LogP contribution >= 0.6 is 0 Å². The van der Waals surface area contributed by atoms with Crippen molar-refractivity contribution in [3.63, 3.8) is 0 Å².